The number of pyridine rings is 1. The lowest BCUT2D eigenvalue weighted by atomic mass is 9.76. The van der Waals surface area contributed by atoms with Gasteiger partial charge in [-0.05, 0) is 51.0 Å². The number of hydrogen-bond acceptors (Lipinski definition) is 6. The molecule has 2 saturated heterocycles. The summed E-state index contributed by atoms with van der Waals surface area (Å²) in [6.07, 6.45) is 1.41. The Kier molecular flexibility index (Phi) is 5.31. The number of fused-ring (bicyclic) bond motifs is 1. The highest BCUT2D eigenvalue weighted by Crippen LogP contribution is 2.39. The van der Waals surface area contributed by atoms with Gasteiger partial charge in [0.15, 0.2) is 0 Å². The van der Waals surface area contributed by atoms with E-state index in [0.29, 0.717) is 13.0 Å². The average molecular weight is 386 g/mol. The van der Waals surface area contributed by atoms with Crippen molar-refractivity contribution in [2.75, 3.05) is 26.3 Å². The summed E-state index contributed by atoms with van der Waals surface area (Å²) in [4.78, 5) is 7.19. The number of ether oxygens (including phenoxy) is 2. The predicted octanol–water partition coefficient (Wildman–Crippen LogP) is 2.50. The van der Waals surface area contributed by atoms with Gasteiger partial charge in [0.05, 0.1) is 35.6 Å². The molecule has 4 rings (SSSR count). The van der Waals surface area contributed by atoms with Crippen LogP contribution in [-0.2, 0) is 11.3 Å². The number of benzene rings is 1. The minimum absolute atomic E-state index is 0.211. The van der Waals surface area contributed by atoms with Gasteiger partial charge in [0.1, 0.15) is 11.9 Å². The summed E-state index contributed by atoms with van der Waals surface area (Å²) in [7, 11) is 0. The Labute approximate surface area is 166 Å². The molecule has 6 heteroatoms. The quantitative estimate of drug-likeness (QED) is 0.841. The molecule has 28 heavy (non-hydrogen) atoms. The molecule has 1 aromatic carbocycles. The molecule has 1 spiro atoms. The lowest BCUT2D eigenvalue weighted by Crippen LogP contribution is -2.59. The van der Waals surface area contributed by atoms with Crippen LogP contribution in [0.3, 0.4) is 0 Å². The Morgan fingerprint density at radius 1 is 1.25 bits per heavy atom. The first-order valence-electron chi connectivity index (χ1n) is 10.2. The number of nitrogens with zero attached hydrogens (tertiary/aromatic N) is 2. The highest BCUT2D eigenvalue weighted by Gasteiger charge is 2.48. The first-order valence-corrected chi connectivity index (χ1v) is 10.2. The van der Waals surface area contributed by atoms with Gasteiger partial charge >= 0.3 is 0 Å². The molecule has 2 aromatic rings. The zero-order valence-electron chi connectivity index (χ0n) is 16.7. The van der Waals surface area contributed by atoms with Gasteiger partial charge in [0.2, 0.25) is 0 Å². The Morgan fingerprint density at radius 2 is 2.04 bits per heavy atom. The molecule has 2 aliphatic rings. The normalized spacial score (nSPS) is 27.9. The van der Waals surface area contributed by atoms with Crippen LogP contribution in [0.15, 0.2) is 30.3 Å². The number of piperidine rings is 1. The predicted molar refractivity (Wildman–Crippen MR) is 107 cm³/mol. The van der Waals surface area contributed by atoms with E-state index in [0.717, 1.165) is 54.8 Å². The summed E-state index contributed by atoms with van der Waals surface area (Å²) in [5.41, 5.74) is 0.654. The highest BCUT2D eigenvalue weighted by atomic mass is 16.5. The Bertz CT molecular complexity index is 830. The van der Waals surface area contributed by atoms with Crippen molar-refractivity contribution in [3.8, 4) is 5.75 Å². The zero-order chi connectivity index (χ0) is 19.8. The molecule has 0 radical (unpaired) electrons. The molecule has 0 bridgehead atoms. The van der Waals surface area contributed by atoms with Crippen molar-refractivity contribution < 1.29 is 19.7 Å². The number of aliphatic hydroxyl groups is 2. The van der Waals surface area contributed by atoms with Crippen molar-refractivity contribution in [3.63, 3.8) is 0 Å². The molecule has 2 N–H and O–H groups in total. The minimum atomic E-state index is -1.07. The van der Waals surface area contributed by atoms with E-state index in [9.17, 15) is 10.2 Å². The van der Waals surface area contributed by atoms with Gasteiger partial charge in [-0.15, -0.1) is 0 Å². The van der Waals surface area contributed by atoms with E-state index in [1.54, 1.807) is 6.92 Å². The lowest BCUT2D eigenvalue weighted by molar-refractivity contribution is -0.223. The molecule has 1 aromatic heterocycles. The topological polar surface area (TPSA) is 75.1 Å². The number of aliphatic hydroxyl groups excluding tert-OH is 1. The maximum Gasteiger partial charge on any atom is 0.120 e. The number of hydrogen-bond donors (Lipinski definition) is 2. The molecule has 2 atom stereocenters. The molecule has 152 valence electrons. The van der Waals surface area contributed by atoms with E-state index >= 15 is 0 Å². The fraction of sp³-hybridized carbons (Fsp3) is 0.591. The molecule has 0 unspecified atom stereocenters. The third-order valence-corrected chi connectivity index (χ3v) is 6.13. The van der Waals surface area contributed by atoms with Gasteiger partial charge in [-0.2, -0.15) is 0 Å². The summed E-state index contributed by atoms with van der Waals surface area (Å²) < 4.78 is 11.5. The van der Waals surface area contributed by atoms with Crippen LogP contribution < -0.4 is 4.74 Å². The van der Waals surface area contributed by atoms with Gasteiger partial charge in [0.25, 0.3) is 0 Å². The van der Waals surface area contributed by atoms with Gasteiger partial charge in [-0.1, -0.05) is 6.07 Å². The fourth-order valence-electron chi connectivity index (χ4n) is 4.42. The van der Waals surface area contributed by atoms with Gasteiger partial charge < -0.3 is 19.7 Å². The van der Waals surface area contributed by atoms with Crippen molar-refractivity contribution in [1.82, 2.24) is 9.88 Å². The van der Waals surface area contributed by atoms with Crippen LogP contribution in [0.4, 0.5) is 0 Å². The van der Waals surface area contributed by atoms with Crippen LogP contribution in [0.2, 0.25) is 0 Å². The standard InChI is InChI=1S/C22H30N2O4/c1-3-27-18-6-7-19-16(12-18)4-5-17(23-19)13-24-10-8-22(9-11-24)15-21(2,26)20(25)14-28-22/h4-7,12,20,25-26H,3,8-11,13-15H2,1-2H3/t20-,21-/m0/s1. The van der Waals surface area contributed by atoms with E-state index < -0.39 is 11.7 Å². The maximum atomic E-state index is 10.5. The van der Waals surface area contributed by atoms with Crippen LogP contribution in [-0.4, -0.2) is 63.7 Å². The maximum absolute atomic E-state index is 10.5. The van der Waals surface area contributed by atoms with Gasteiger partial charge in [-0.25, -0.2) is 0 Å². The van der Waals surface area contributed by atoms with Gasteiger partial charge in [-0.3, -0.25) is 9.88 Å². The Morgan fingerprint density at radius 3 is 2.75 bits per heavy atom. The summed E-state index contributed by atoms with van der Waals surface area (Å²) in [5, 5.41) is 21.5. The molecule has 0 aliphatic carbocycles. The molecular weight excluding hydrogens is 356 g/mol. The number of aromatic nitrogens is 1. The first-order chi connectivity index (χ1) is 13.4. The fourth-order valence-corrected chi connectivity index (χ4v) is 4.42. The van der Waals surface area contributed by atoms with E-state index in [4.69, 9.17) is 14.5 Å². The van der Waals surface area contributed by atoms with Crippen LogP contribution in [0.5, 0.6) is 5.75 Å². The van der Waals surface area contributed by atoms with Crippen molar-refractivity contribution >= 4 is 10.9 Å². The van der Waals surface area contributed by atoms with Crippen molar-refractivity contribution in [2.45, 2.75) is 57.0 Å². The zero-order valence-corrected chi connectivity index (χ0v) is 16.7. The number of likely N-dealkylation sites (tertiary alicyclic amines) is 1. The second kappa shape index (κ2) is 7.59. The van der Waals surface area contributed by atoms with E-state index in [2.05, 4.69) is 17.0 Å². The lowest BCUT2D eigenvalue weighted by Gasteiger charge is -2.49. The largest absolute Gasteiger partial charge is 0.494 e. The third kappa shape index (κ3) is 4.01. The third-order valence-electron chi connectivity index (χ3n) is 6.13. The van der Waals surface area contributed by atoms with Gasteiger partial charge in [0, 0.05) is 31.4 Å². The second-order valence-corrected chi connectivity index (χ2v) is 8.41. The summed E-state index contributed by atoms with van der Waals surface area (Å²) in [5.74, 6) is 0.874. The van der Waals surface area contributed by atoms with Crippen LogP contribution in [0.25, 0.3) is 10.9 Å². The van der Waals surface area contributed by atoms with Crippen molar-refractivity contribution in [1.29, 1.82) is 0 Å². The smallest absolute Gasteiger partial charge is 0.120 e. The van der Waals surface area contributed by atoms with Crippen LogP contribution in [0, 0.1) is 0 Å². The molecule has 0 amide bonds. The first kappa shape index (κ1) is 19.6. The minimum Gasteiger partial charge on any atom is -0.494 e. The Balaban J connectivity index is 1.39. The van der Waals surface area contributed by atoms with Crippen molar-refractivity contribution in [2.24, 2.45) is 0 Å². The van der Waals surface area contributed by atoms with E-state index in [1.807, 2.05) is 25.1 Å². The molecule has 2 fully saturated rings. The number of rotatable bonds is 4. The molecule has 3 heterocycles. The van der Waals surface area contributed by atoms with Crippen LogP contribution >= 0.6 is 0 Å². The average Bonchev–Trinajstić information content (AvgIpc) is 2.67. The molecule has 0 saturated carbocycles. The molecule has 6 nitrogen and oxygen atoms in total. The monoisotopic (exact) mass is 386 g/mol. The van der Waals surface area contributed by atoms with E-state index in [-0.39, 0.29) is 12.2 Å². The van der Waals surface area contributed by atoms with E-state index in [1.165, 1.54) is 0 Å². The van der Waals surface area contributed by atoms with Crippen LogP contribution in [0.1, 0.15) is 38.8 Å². The summed E-state index contributed by atoms with van der Waals surface area (Å²) in [6.45, 7) is 7.16. The Hall–Kier alpha value is -1.73. The highest BCUT2D eigenvalue weighted by molar-refractivity contribution is 5.80. The molecule has 2 aliphatic heterocycles. The summed E-state index contributed by atoms with van der Waals surface area (Å²) >= 11 is 0. The summed E-state index contributed by atoms with van der Waals surface area (Å²) in [6, 6.07) is 10.2. The second-order valence-electron chi connectivity index (χ2n) is 8.41. The SMILES string of the molecule is CCOc1ccc2nc(CN3CCC4(CC3)C[C@](C)(O)[C@@H](O)CO4)ccc2c1. The van der Waals surface area contributed by atoms with Crippen molar-refractivity contribution in [3.05, 3.63) is 36.0 Å². The molecular formula is C22H30N2O4.